The summed E-state index contributed by atoms with van der Waals surface area (Å²) in [6.07, 6.45) is 5.13. The van der Waals surface area contributed by atoms with Crippen molar-refractivity contribution in [3.63, 3.8) is 0 Å². The third kappa shape index (κ3) is 2.38. The molecule has 2 heteroatoms. The van der Waals surface area contributed by atoms with E-state index in [0.29, 0.717) is 6.42 Å². The molecule has 0 spiro atoms. The number of carbonyl (C=O) groups excluding carboxylic acids is 1. The molecule has 0 atom stereocenters. The Bertz CT molecular complexity index is 446. The summed E-state index contributed by atoms with van der Waals surface area (Å²) in [6, 6.07) is 4.75. The van der Waals surface area contributed by atoms with Crippen molar-refractivity contribution in [1.29, 1.82) is 0 Å². The minimum Gasteiger partial charge on any atom is -0.295 e. The van der Waals surface area contributed by atoms with E-state index in [4.69, 9.17) is 0 Å². The SMILES string of the molecule is Cc1ccc(F)cc1C1=CC(=O)CCCC1. The highest BCUT2D eigenvalue weighted by atomic mass is 19.1. The third-order valence-electron chi connectivity index (χ3n) is 3.00. The van der Waals surface area contributed by atoms with E-state index < -0.39 is 0 Å². The number of hydrogen-bond donors (Lipinski definition) is 0. The lowest BCUT2D eigenvalue weighted by Crippen LogP contribution is -1.93. The molecule has 0 unspecified atom stereocenters. The van der Waals surface area contributed by atoms with Crippen LogP contribution in [0.3, 0.4) is 0 Å². The van der Waals surface area contributed by atoms with Gasteiger partial charge in [-0.3, -0.25) is 4.79 Å². The predicted molar refractivity (Wildman–Crippen MR) is 62.6 cm³/mol. The molecular formula is C14H15FO. The minimum atomic E-state index is -0.238. The molecule has 0 N–H and O–H groups in total. The van der Waals surface area contributed by atoms with Crippen LogP contribution >= 0.6 is 0 Å². The average molecular weight is 218 g/mol. The number of benzene rings is 1. The summed E-state index contributed by atoms with van der Waals surface area (Å²) in [5.74, 6) is -0.0747. The van der Waals surface area contributed by atoms with Gasteiger partial charge in [0.05, 0.1) is 0 Å². The van der Waals surface area contributed by atoms with Crippen LogP contribution < -0.4 is 0 Å². The molecule has 0 heterocycles. The van der Waals surface area contributed by atoms with Gasteiger partial charge in [-0.1, -0.05) is 6.07 Å². The van der Waals surface area contributed by atoms with Gasteiger partial charge >= 0.3 is 0 Å². The number of carbonyl (C=O) groups is 1. The van der Waals surface area contributed by atoms with Crippen molar-refractivity contribution < 1.29 is 9.18 Å². The summed E-state index contributed by atoms with van der Waals surface area (Å²) in [7, 11) is 0. The van der Waals surface area contributed by atoms with Crippen LogP contribution in [0.25, 0.3) is 5.57 Å². The van der Waals surface area contributed by atoms with Gasteiger partial charge < -0.3 is 0 Å². The van der Waals surface area contributed by atoms with Crippen LogP contribution in [0.5, 0.6) is 0 Å². The zero-order valence-corrected chi connectivity index (χ0v) is 9.42. The van der Waals surface area contributed by atoms with Crippen molar-refractivity contribution in [3.8, 4) is 0 Å². The Hall–Kier alpha value is -1.44. The molecule has 0 saturated carbocycles. The summed E-state index contributed by atoms with van der Waals surface area (Å²) in [5.41, 5.74) is 2.90. The molecule has 1 nitrogen and oxygen atoms in total. The van der Waals surface area contributed by atoms with E-state index in [-0.39, 0.29) is 11.6 Å². The van der Waals surface area contributed by atoms with E-state index in [1.165, 1.54) is 12.1 Å². The molecule has 1 aromatic rings. The first-order chi connectivity index (χ1) is 7.66. The van der Waals surface area contributed by atoms with Crippen LogP contribution in [0.2, 0.25) is 0 Å². The second-order valence-electron chi connectivity index (χ2n) is 4.30. The lowest BCUT2D eigenvalue weighted by atomic mass is 9.97. The standard InChI is InChI=1S/C14H15FO/c1-10-6-7-12(15)9-14(10)11-4-2-3-5-13(16)8-11/h6-9H,2-5H2,1H3. The van der Waals surface area contributed by atoms with Crippen molar-refractivity contribution in [2.45, 2.75) is 32.6 Å². The van der Waals surface area contributed by atoms with E-state index in [9.17, 15) is 9.18 Å². The molecule has 1 aromatic carbocycles. The number of rotatable bonds is 1. The van der Waals surface area contributed by atoms with Gasteiger partial charge in [-0.05, 0) is 61.1 Å². The normalized spacial score (nSPS) is 16.9. The number of ketones is 1. The van der Waals surface area contributed by atoms with Crippen molar-refractivity contribution in [2.75, 3.05) is 0 Å². The smallest absolute Gasteiger partial charge is 0.155 e. The van der Waals surface area contributed by atoms with Crippen molar-refractivity contribution in [1.82, 2.24) is 0 Å². The van der Waals surface area contributed by atoms with Crippen LogP contribution in [0.15, 0.2) is 24.3 Å². The lowest BCUT2D eigenvalue weighted by Gasteiger charge is -2.08. The lowest BCUT2D eigenvalue weighted by molar-refractivity contribution is -0.114. The van der Waals surface area contributed by atoms with Gasteiger partial charge in [0.1, 0.15) is 5.82 Å². The number of aryl methyl sites for hydroxylation is 1. The molecule has 0 saturated heterocycles. The summed E-state index contributed by atoms with van der Waals surface area (Å²) in [6.45, 7) is 1.95. The average Bonchev–Trinajstić information content (AvgIpc) is 2.46. The van der Waals surface area contributed by atoms with Gasteiger partial charge in [0.25, 0.3) is 0 Å². The summed E-state index contributed by atoms with van der Waals surface area (Å²) < 4.78 is 13.2. The zero-order chi connectivity index (χ0) is 11.5. The number of halogens is 1. The van der Waals surface area contributed by atoms with Crippen LogP contribution in [0, 0.1) is 12.7 Å². The molecule has 84 valence electrons. The van der Waals surface area contributed by atoms with E-state index in [2.05, 4.69) is 0 Å². The highest BCUT2D eigenvalue weighted by Crippen LogP contribution is 2.27. The molecule has 16 heavy (non-hydrogen) atoms. The second kappa shape index (κ2) is 4.60. The molecule has 0 aromatic heterocycles. The van der Waals surface area contributed by atoms with Crippen LogP contribution in [-0.4, -0.2) is 5.78 Å². The summed E-state index contributed by atoms with van der Waals surface area (Å²) in [5, 5.41) is 0. The highest BCUT2D eigenvalue weighted by Gasteiger charge is 2.12. The van der Waals surface area contributed by atoms with Gasteiger partial charge in [-0.15, -0.1) is 0 Å². The maximum absolute atomic E-state index is 13.2. The number of hydrogen-bond acceptors (Lipinski definition) is 1. The van der Waals surface area contributed by atoms with E-state index in [0.717, 1.165) is 36.0 Å². The van der Waals surface area contributed by atoms with Gasteiger partial charge in [-0.2, -0.15) is 0 Å². The van der Waals surface area contributed by atoms with Crippen LogP contribution in [0.4, 0.5) is 4.39 Å². The third-order valence-corrected chi connectivity index (χ3v) is 3.00. The Balaban J connectivity index is 2.42. The monoisotopic (exact) mass is 218 g/mol. The quantitative estimate of drug-likeness (QED) is 0.703. The molecule has 1 aliphatic rings. The second-order valence-corrected chi connectivity index (χ2v) is 4.30. The Labute approximate surface area is 95.0 Å². The molecule has 0 aliphatic heterocycles. The zero-order valence-electron chi connectivity index (χ0n) is 9.42. The summed E-state index contributed by atoms with van der Waals surface area (Å²) in [4.78, 5) is 11.5. The van der Waals surface area contributed by atoms with E-state index >= 15 is 0 Å². The molecule has 0 bridgehead atoms. The minimum absolute atomic E-state index is 0.163. The topological polar surface area (TPSA) is 17.1 Å². The fourth-order valence-corrected chi connectivity index (χ4v) is 2.11. The summed E-state index contributed by atoms with van der Waals surface area (Å²) >= 11 is 0. The molecule has 2 rings (SSSR count). The number of allylic oxidation sites excluding steroid dienone is 2. The maximum Gasteiger partial charge on any atom is 0.155 e. The van der Waals surface area contributed by atoms with Gasteiger partial charge in [0.2, 0.25) is 0 Å². The Morgan fingerprint density at radius 3 is 2.75 bits per heavy atom. The molecular weight excluding hydrogens is 203 g/mol. The van der Waals surface area contributed by atoms with Crippen LogP contribution in [-0.2, 0) is 4.79 Å². The Kier molecular flexibility index (Phi) is 3.18. The highest BCUT2D eigenvalue weighted by molar-refractivity contribution is 5.97. The van der Waals surface area contributed by atoms with Crippen molar-refractivity contribution >= 4 is 11.4 Å². The first-order valence-corrected chi connectivity index (χ1v) is 5.67. The molecule has 1 aliphatic carbocycles. The van der Waals surface area contributed by atoms with E-state index in [1.807, 2.05) is 6.92 Å². The maximum atomic E-state index is 13.2. The van der Waals surface area contributed by atoms with E-state index in [1.54, 1.807) is 12.1 Å². The van der Waals surface area contributed by atoms with Crippen LogP contribution in [0.1, 0.15) is 36.8 Å². The first kappa shape index (κ1) is 11.1. The van der Waals surface area contributed by atoms with Gasteiger partial charge in [0, 0.05) is 6.42 Å². The molecule has 0 radical (unpaired) electrons. The Morgan fingerprint density at radius 1 is 1.19 bits per heavy atom. The van der Waals surface area contributed by atoms with Gasteiger partial charge in [0.15, 0.2) is 5.78 Å². The molecule has 0 amide bonds. The predicted octanol–water partition coefficient (Wildman–Crippen LogP) is 3.66. The molecule has 0 fully saturated rings. The Morgan fingerprint density at radius 2 is 1.94 bits per heavy atom. The van der Waals surface area contributed by atoms with Crippen molar-refractivity contribution in [3.05, 3.63) is 41.2 Å². The first-order valence-electron chi connectivity index (χ1n) is 5.67. The fourth-order valence-electron chi connectivity index (χ4n) is 2.11. The van der Waals surface area contributed by atoms with Gasteiger partial charge in [-0.25, -0.2) is 4.39 Å². The van der Waals surface area contributed by atoms with Crippen molar-refractivity contribution in [2.24, 2.45) is 0 Å². The fraction of sp³-hybridized carbons (Fsp3) is 0.357. The largest absolute Gasteiger partial charge is 0.295 e.